The van der Waals surface area contributed by atoms with Crippen molar-refractivity contribution in [1.29, 1.82) is 5.26 Å². The van der Waals surface area contributed by atoms with Crippen molar-refractivity contribution in [2.75, 3.05) is 0 Å². The Labute approximate surface area is 178 Å². The van der Waals surface area contributed by atoms with Crippen LogP contribution in [0.4, 0.5) is 0 Å². The van der Waals surface area contributed by atoms with Gasteiger partial charge in [0, 0.05) is 31.4 Å². The summed E-state index contributed by atoms with van der Waals surface area (Å²) in [5.41, 5.74) is 6.88. The smallest absolute Gasteiger partial charge is 0.160 e. The second-order valence-electron chi connectivity index (χ2n) is 7.29. The fraction of sp³-hybridized carbons (Fsp3) is 0.261. The zero-order chi connectivity index (χ0) is 20.5. The molecule has 0 radical (unpaired) electrons. The van der Waals surface area contributed by atoms with Crippen molar-refractivity contribution in [3.05, 3.63) is 69.8 Å². The highest BCUT2D eigenvalue weighted by Gasteiger charge is 2.16. The quantitative estimate of drug-likeness (QED) is 0.412. The number of nitriles is 1. The Morgan fingerprint density at radius 2 is 1.93 bits per heavy atom. The molecular formula is C23H22BrN5. The summed E-state index contributed by atoms with van der Waals surface area (Å²) in [6, 6.07) is 12.7. The molecular weight excluding hydrogens is 426 g/mol. The lowest BCUT2D eigenvalue weighted by molar-refractivity contribution is 0.717. The van der Waals surface area contributed by atoms with Gasteiger partial charge in [0.2, 0.25) is 0 Å². The lowest BCUT2D eigenvalue weighted by Gasteiger charge is -2.10. The summed E-state index contributed by atoms with van der Waals surface area (Å²) in [7, 11) is 1.93. The number of aromatic nitrogens is 4. The minimum absolute atomic E-state index is 0.664. The van der Waals surface area contributed by atoms with Gasteiger partial charge in [0.05, 0.1) is 16.7 Å². The molecule has 1 aromatic carbocycles. The van der Waals surface area contributed by atoms with E-state index in [0.717, 1.165) is 57.7 Å². The lowest BCUT2D eigenvalue weighted by Crippen LogP contribution is -2.06. The van der Waals surface area contributed by atoms with E-state index in [1.165, 1.54) is 5.56 Å². The second kappa shape index (κ2) is 7.84. The zero-order valence-corrected chi connectivity index (χ0v) is 18.4. The molecule has 0 bridgehead atoms. The summed E-state index contributed by atoms with van der Waals surface area (Å²) in [5.74, 6) is 1.07. The second-order valence-corrected chi connectivity index (χ2v) is 8.04. The summed E-state index contributed by atoms with van der Waals surface area (Å²) in [4.78, 5) is 9.45. The van der Waals surface area contributed by atoms with Crippen LogP contribution in [-0.4, -0.2) is 19.1 Å². The Morgan fingerprint density at radius 3 is 2.62 bits per heavy atom. The highest BCUT2D eigenvalue weighted by molar-refractivity contribution is 9.10. The molecule has 146 valence electrons. The Morgan fingerprint density at radius 1 is 1.17 bits per heavy atom. The van der Waals surface area contributed by atoms with E-state index in [1.54, 1.807) is 0 Å². The molecule has 0 aliphatic heterocycles. The summed E-state index contributed by atoms with van der Waals surface area (Å²) >= 11 is 3.60. The molecule has 0 spiro atoms. The number of halogens is 1. The van der Waals surface area contributed by atoms with Gasteiger partial charge in [0.15, 0.2) is 5.65 Å². The van der Waals surface area contributed by atoms with Crippen LogP contribution in [0.25, 0.3) is 22.3 Å². The first-order valence-electron chi connectivity index (χ1n) is 9.68. The van der Waals surface area contributed by atoms with Gasteiger partial charge in [-0.05, 0) is 52.0 Å². The number of pyridine rings is 1. The third-order valence-electron chi connectivity index (χ3n) is 5.20. The average Bonchev–Trinajstić information content (AvgIpc) is 3.21. The van der Waals surface area contributed by atoms with Crippen molar-refractivity contribution in [3.8, 4) is 17.2 Å². The predicted octanol–water partition coefficient (Wildman–Crippen LogP) is 5.38. The van der Waals surface area contributed by atoms with Gasteiger partial charge in [-0.1, -0.05) is 31.2 Å². The number of nitrogens with zero attached hydrogens (tertiary/aromatic N) is 5. The molecule has 0 unspecified atom stereocenters. The van der Waals surface area contributed by atoms with Crippen molar-refractivity contribution in [1.82, 2.24) is 19.1 Å². The highest BCUT2D eigenvalue weighted by atomic mass is 79.9. The fourth-order valence-electron chi connectivity index (χ4n) is 3.69. The van der Waals surface area contributed by atoms with Gasteiger partial charge >= 0.3 is 0 Å². The van der Waals surface area contributed by atoms with Gasteiger partial charge in [0.1, 0.15) is 17.4 Å². The van der Waals surface area contributed by atoms with E-state index < -0.39 is 0 Å². The zero-order valence-electron chi connectivity index (χ0n) is 16.8. The molecule has 0 saturated heterocycles. The van der Waals surface area contributed by atoms with E-state index in [2.05, 4.69) is 69.7 Å². The first-order chi connectivity index (χ1) is 14.0. The summed E-state index contributed by atoms with van der Waals surface area (Å²) in [5, 5.41) is 9.45. The van der Waals surface area contributed by atoms with Crippen LogP contribution >= 0.6 is 15.9 Å². The van der Waals surface area contributed by atoms with Crippen LogP contribution in [0.2, 0.25) is 0 Å². The van der Waals surface area contributed by atoms with Crippen LogP contribution in [0.5, 0.6) is 0 Å². The van der Waals surface area contributed by atoms with Gasteiger partial charge in [-0.2, -0.15) is 5.26 Å². The van der Waals surface area contributed by atoms with Crippen molar-refractivity contribution in [2.45, 2.75) is 33.2 Å². The van der Waals surface area contributed by atoms with E-state index in [4.69, 9.17) is 4.98 Å². The average molecular weight is 448 g/mol. The Bertz CT molecular complexity index is 1230. The van der Waals surface area contributed by atoms with E-state index in [-0.39, 0.29) is 0 Å². The van der Waals surface area contributed by atoms with E-state index in [9.17, 15) is 5.26 Å². The first kappa shape index (κ1) is 19.4. The number of benzene rings is 1. The van der Waals surface area contributed by atoms with Crippen molar-refractivity contribution >= 4 is 27.1 Å². The van der Waals surface area contributed by atoms with Crippen LogP contribution in [0.3, 0.4) is 0 Å². The Kier molecular flexibility index (Phi) is 5.25. The summed E-state index contributed by atoms with van der Waals surface area (Å²) < 4.78 is 5.05. The molecule has 4 aromatic rings. The van der Waals surface area contributed by atoms with Gasteiger partial charge in [-0.15, -0.1) is 0 Å². The first-order valence-corrected chi connectivity index (χ1v) is 10.5. The van der Waals surface area contributed by atoms with Crippen LogP contribution in [0.1, 0.15) is 35.9 Å². The maximum atomic E-state index is 9.45. The van der Waals surface area contributed by atoms with Gasteiger partial charge in [-0.25, -0.2) is 9.97 Å². The fourth-order valence-corrected chi connectivity index (χ4v) is 4.23. The van der Waals surface area contributed by atoms with Gasteiger partial charge in [0.25, 0.3) is 0 Å². The molecule has 0 fully saturated rings. The van der Waals surface area contributed by atoms with E-state index in [1.807, 2.05) is 30.1 Å². The van der Waals surface area contributed by atoms with Gasteiger partial charge < -0.3 is 9.13 Å². The molecule has 0 aliphatic rings. The maximum Gasteiger partial charge on any atom is 0.160 e. The van der Waals surface area contributed by atoms with Crippen LogP contribution in [0, 0.1) is 18.3 Å². The maximum absolute atomic E-state index is 9.45. The van der Waals surface area contributed by atoms with Crippen LogP contribution in [-0.2, 0) is 20.0 Å². The minimum Gasteiger partial charge on any atom is -0.344 e. The number of aryl methyl sites for hydroxylation is 3. The third-order valence-corrected chi connectivity index (χ3v) is 6.16. The van der Waals surface area contributed by atoms with E-state index in [0.29, 0.717) is 5.56 Å². The van der Waals surface area contributed by atoms with Crippen LogP contribution in [0.15, 0.2) is 47.3 Å². The molecule has 3 aromatic heterocycles. The molecule has 0 atom stereocenters. The molecule has 0 saturated carbocycles. The topological polar surface area (TPSA) is 59.4 Å². The van der Waals surface area contributed by atoms with Crippen molar-refractivity contribution in [2.24, 2.45) is 7.05 Å². The Balaban J connectivity index is 1.71. The number of hydrogen-bond donors (Lipinski definition) is 0. The molecule has 6 heteroatoms. The molecule has 29 heavy (non-hydrogen) atoms. The minimum atomic E-state index is 0.664. The lowest BCUT2D eigenvalue weighted by atomic mass is 10.0. The van der Waals surface area contributed by atoms with Crippen LogP contribution < -0.4 is 0 Å². The van der Waals surface area contributed by atoms with Crippen molar-refractivity contribution < 1.29 is 0 Å². The molecule has 0 N–H and O–H groups in total. The predicted molar refractivity (Wildman–Crippen MR) is 119 cm³/mol. The number of hydrogen-bond acceptors (Lipinski definition) is 3. The normalized spacial score (nSPS) is 11.1. The summed E-state index contributed by atoms with van der Waals surface area (Å²) in [6.45, 7) is 4.98. The number of imidazole rings is 1. The standard InChI is InChI=1S/C23H22BrN5/c1-4-5-19-27-21-15(2)10-11-26-23(21)29(19)13-16-6-8-17(9-7-16)20-18(12-25)14-28(3)22(20)24/h6-11,14H,4-5,13H2,1-3H3. The third kappa shape index (κ3) is 3.47. The molecule has 3 heterocycles. The van der Waals surface area contributed by atoms with E-state index >= 15 is 0 Å². The molecule has 0 amide bonds. The SMILES string of the molecule is CCCc1nc2c(C)ccnc2n1Cc1ccc(-c2c(C#N)cn(C)c2Br)cc1. The molecule has 5 nitrogen and oxygen atoms in total. The highest BCUT2D eigenvalue weighted by Crippen LogP contribution is 2.33. The number of fused-ring (bicyclic) bond motifs is 1. The largest absolute Gasteiger partial charge is 0.344 e. The molecule has 4 rings (SSSR count). The Hall–Kier alpha value is -2.91. The number of rotatable bonds is 5. The molecule has 0 aliphatic carbocycles. The monoisotopic (exact) mass is 447 g/mol. The van der Waals surface area contributed by atoms with Gasteiger partial charge in [-0.3, -0.25) is 0 Å². The van der Waals surface area contributed by atoms with Crippen molar-refractivity contribution in [3.63, 3.8) is 0 Å². The summed E-state index contributed by atoms with van der Waals surface area (Å²) in [6.07, 6.45) is 5.66.